The van der Waals surface area contributed by atoms with E-state index in [0.29, 0.717) is 0 Å². The highest BCUT2D eigenvalue weighted by Gasteiger charge is 2.42. The molecule has 0 aromatic carbocycles. The highest BCUT2D eigenvalue weighted by atomic mass is 15.2. The molecule has 122 valence electrons. The van der Waals surface area contributed by atoms with Gasteiger partial charge in [-0.05, 0) is 76.3 Å². The fourth-order valence-corrected chi connectivity index (χ4v) is 5.56. The summed E-state index contributed by atoms with van der Waals surface area (Å²) in [6.07, 6.45) is 13.2. The van der Waals surface area contributed by atoms with Crippen molar-refractivity contribution < 1.29 is 0 Å². The Kier molecular flexibility index (Phi) is 5.27. The van der Waals surface area contributed by atoms with Crippen LogP contribution >= 0.6 is 0 Å². The fraction of sp³-hybridized carbons (Fsp3) is 1.00. The molecule has 21 heavy (non-hydrogen) atoms. The summed E-state index contributed by atoms with van der Waals surface area (Å²) in [6.45, 7) is 6.23. The molecule has 2 nitrogen and oxygen atoms in total. The number of likely N-dealkylation sites (tertiary alicyclic amines) is 1. The zero-order valence-electron chi connectivity index (χ0n) is 14.5. The second-order valence-corrected chi connectivity index (χ2v) is 8.27. The summed E-state index contributed by atoms with van der Waals surface area (Å²) in [5.41, 5.74) is 0. The zero-order chi connectivity index (χ0) is 14.8. The van der Waals surface area contributed by atoms with Crippen molar-refractivity contribution >= 4 is 0 Å². The van der Waals surface area contributed by atoms with Gasteiger partial charge in [0.05, 0.1) is 0 Å². The van der Waals surface area contributed by atoms with Gasteiger partial charge in [-0.2, -0.15) is 0 Å². The number of hydrogen-bond acceptors (Lipinski definition) is 2. The second kappa shape index (κ2) is 7.00. The van der Waals surface area contributed by atoms with Crippen LogP contribution in [0.2, 0.25) is 0 Å². The molecule has 3 fully saturated rings. The third-order valence-corrected chi connectivity index (χ3v) is 6.88. The summed E-state index contributed by atoms with van der Waals surface area (Å²) in [7, 11) is 2.19. The molecule has 0 amide bonds. The maximum atomic E-state index is 3.66. The lowest BCUT2D eigenvalue weighted by Crippen LogP contribution is -2.55. The molecule has 3 rings (SSSR count). The molecule has 0 radical (unpaired) electrons. The molecule has 2 saturated carbocycles. The van der Waals surface area contributed by atoms with Crippen LogP contribution in [-0.2, 0) is 0 Å². The van der Waals surface area contributed by atoms with Crippen molar-refractivity contribution in [3.63, 3.8) is 0 Å². The highest BCUT2D eigenvalue weighted by Crippen LogP contribution is 2.40. The number of likely N-dealkylation sites (N-methyl/N-ethyl adjacent to an activating group) is 1. The van der Waals surface area contributed by atoms with E-state index in [0.717, 1.165) is 35.9 Å². The molecular weight excluding hydrogens is 256 g/mol. The first-order valence-electron chi connectivity index (χ1n) is 9.63. The zero-order valence-corrected chi connectivity index (χ0v) is 14.5. The van der Waals surface area contributed by atoms with Crippen LogP contribution in [0.1, 0.15) is 71.6 Å². The summed E-state index contributed by atoms with van der Waals surface area (Å²) in [5, 5.41) is 3.66. The highest BCUT2D eigenvalue weighted by molar-refractivity contribution is 4.98. The maximum absolute atomic E-state index is 3.66. The largest absolute Gasteiger partial charge is 0.315 e. The van der Waals surface area contributed by atoms with Gasteiger partial charge in [0.25, 0.3) is 0 Å². The van der Waals surface area contributed by atoms with Crippen LogP contribution in [0.25, 0.3) is 0 Å². The molecule has 0 bridgehead atoms. The van der Waals surface area contributed by atoms with Gasteiger partial charge in [0.1, 0.15) is 0 Å². The monoisotopic (exact) mass is 292 g/mol. The predicted molar refractivity (Wildman–Crippen MR) is 90.5 cm³/mol. The van der Waals surface area contributed by atoms with E-state index < -0.39 is 0 Å². The van der Waals surface area contributed by atoms with Crippen LogP contribution in [0.3, 0.4) is 0 Å². The molecule has 1 aliphatic heterocycles. The van der Waals surface area contributed by atoms with Gasteiger partial charge < -0.3 is 5.32 Å². The minimum atomic E-state index is 0.738. The second-order valence-electron chi connectivity index (χ2n) is 8.27. The average Bonchev–Trinajstić information content (AvgIpc) is 3.16. The van der Waals surface area contributed by atoms with Crippen molar-refractivity contribution in [1.29, 1.82) is 0 Å². The summed E-state index contributed by atoms with van der Waals surface area (Å²) in [4.78, 5) is 2.96. The van der Waals surface area contributed by atoms with E-state index in [1.165, 1.54) is 64.3 Å². The van der Waals surface area contributed by atoms with Gasteiger partial charge in [-0.25, -0.2) is 0 Å². The molecule has 1 heterocycles. The van der Waals surface area contributed by atoms with Crippen LogP contribution < -0.4 is 5.32 Å². The molecule has 2 aliphatic carbocycles. The summed E-state index contributed by atoms with van der Waals surface area (Å²) < 4.78 is 0. The van der Waals surface area contributed by atoms with Gasteiger partial charge in [0, 0.05) is 18.1 Å². The molecule has 4 unspecified atom stereocenters. The van der Waals surface area contributed by atoms with Crippen molar-refractivity contribution in [1.82, 2.24) is 10.2 Å². The van der Waals surface area contributed by atoms with Crippen molar-refractivity contribution in [3.05, 3.63) is 0 Å². The van der Waals surface area contributed by atoms with E-state index in [2.05, 4.69) is 31.1 Å². The normalized spacial score (nSPS) is 39.4. The Morgan fingerprint density at radius 2 is 1.67 bits per heavy atom. The average molecular weight is 293 g/mol. The number of nitrogens with zero attached hydrogens (tertiary/aromatic N) is 1. The van der Waals surface area contributed by atoms with Crippen molar-refractivity contribution in [2.45, 2.75) is 89.8 Å². The van der Waals surface area contributed by atoms with Gasteiger partial charge >= 0.3 is 0 Å². The quantitative estimate of drug-likeness (QED) is 0.841. The summed E-state index contributed by atoms with van der Waals surface area (Å²) in [5.74, 6) is 2.83. The standard InChI is InChI=1S/C19H36N2/c1-14(2)16-10-11-17(20-3)19(13-16)21-12-6-9-18(21)15-7-4-5-8-15/h14-20H,4-13H2,1-3H3. The van der Waals surface area contributed by atoms with E-state index in [4.69, 9.17) is 0 Å². The molecule has 1 N–H and O–H groups in total. The molecule has 0 spiro atoms. The topological polar surface area (TPSA) is 15.3 Å². The minimum Gasteiger partial charge on any atom is -0.315 e. The third kappa shape index (κ3) is 3.32. The Labute approximate surface area is 132 Å². The van der Waals surface area contributed by atoms with Crippen LogP contribution in [0.5, 0.6) is 0 Å². The predicted octanol–water partition coefficient (Wildman–Crippen LogP) is 4.05. The Hall–Kier alpha value is -0.0800. The molecule has 2 heteroatoms. The summed E-state index contributed by atoms with van der Waals surface area (Å²) in [6, 6.07) is 2.46. The van der Waals surface area contributed by atoms with Crippen molar-refractivity contribution in [3.8, 4) is 0 Å². The molecule has 3 aliphatic rings. The van der Waals surface area contributed by atoms with Crippen LogP contribution in [0, 0.1) is 17.8 Å². The number of hydrogen-bond donors (Lipinski definition) is 1. The van der Waals surface area contributed by atoms with Crippen molar-refractivity contribution in [2.24, 2.45) is 17.8 Å². The summed E-state index contributed by atoms with van der Waals surface area (Å²) >= 11 is 0. The first-order chi connectivity index (χ1) is 10.2. The van der Waals surface area contributed by atoms with Gasteiger partial charge in [-0.3, -0.25) is 4.90 Å². The van der Waals surface area contributed by atoms with E-state index >= 15 is 0 Å². The fourth-order valence-electron chi connectivity index (χ4n) is 5.56. The van der Waals surface area contributed by atoms with Crippen molar-refractivity contribution in [2.75, 3.05) is 13.6 Å². The number of nitrogens with one attached hydrogen (secondary N) is 1. The lowest BCUT2D eigenvalue weighted by atomic mass is 9.76. The van der Waals surface area contributed by atoms with E-state index in [-0.39, 0.29) is 0 Å². The molecule has 1 saturated heterocycles. The van der Waals surface area contributed by atoms with Crippen LogP contribution in [0.15, 0.2) is 0 Å². The Morgan fingerprint density at radius 3 is 2.33 bits per heavy atom. The van der Waals surface area contributed by atoms with Gasteiger partial charge in [-0.15, -0.1) is 0 Å². The maximum Gasteiger partial charge on any atom is 0.0255 e. The van der Waals surface area contributed by atoms with Crippen LogP contribution in [-0.4, -0.2) is 36.6 Å². The van der Waals surface area contributed by atoms with Crippen LogP contribution in [0.4, 0.5) is 0 Å². The Morgan fingerprint density at radius 1 is 0.905 bits per heavy atom. The molecular formula is C19H36N2. The number of rotatable bonds is 4. The van der Waals surface area contributed by atoms with E-state index in [9.17, 15) is 0 Å². The molecule has 0 aromatic rings. The van der Waals surface area contributed by atoms with Gasteiger partial charge in [0.15, 0.2) is 0 Å². The molecule has 0 aromatic heterocycles. The first kappa shape index (κ1) is 15.8. The van der Waals surface area contributed by atoms with E-state index in [1.54, 1.807) is 0 Å². The SMILES string of the molecule is CNC1CCC(C(C)C)CC1N1CCCC1C1CCCC1. The first-order valence-corrected chi connectivity index (χ1v) is 9.63. The third-order valence-electron chi connectivity index (χ3n) is 6.88. The Balaban J connectivity index is 1.71. The Bertz CT molecular complexity index is 322. The van der Waals surface area contributed by atoms with E-state index in [1.807, 2.05) is 0 Å². The van der Waals surface area contributed by atoms with Gasteiger partial charge in [0.2, 0.25) is 0 Å². The van der Waals surface area contributed by atoms with Gasteiger partial charge in [-0.1, -0.05) is 26.7 Å². The smallest absolute Gasteiger partial charge is 0.0255 e. The molecule has 4 atom stereocenters. The lowest BCUT2D eigenvalue weighted by molar-refractivity contribution is 0.0569. The lowest BCUT2D eigenvalue weighted by Gasteiger charge is -2.45. The minimum absolute atomic E-state index is 0.738.